The van der Waals surface area contributed by atoms with E-state index in [2.05, 4.69) is 0 Å². The minimum absolute atomic E-state index is 0.0114. The molecule has 1 N–H and O–H groups in total. The molecule has 1 fully saturated rings. The quantitative estimate of drug-likeness (QED) is 0.281. The summed E-state index contributed by atoms with van der Waals surface area (Å²) >= 11 is 6.25. The predicted octanol–water partition coefficient (Wildman–Crippen LogP) is 5.78. The Balaban J connectivity index is 1.97. The zero-order chi connectivity index (χ0) is 24.6. The number of hydrogen-bond donors (Lipinski definition) is 1. The molecule has 34 heavy (non-hydrogen) atoms. The molecule has 0 bridgehead atoms. The Morgan fingerprint density at radius 1 is 1.00 bits per heavy atom. The van der Waals surface area contributed by atoms with Crippen LogP contribution in [0, 0.1) is 17.5 Å². The van der Waals surface area contributed by atoms with Crippen LogP contribution < -0.4 is 9.64 Å². The van der Waals surface area contributed by atoms with Crippen LogP contribution in [-0.4, -0.2) is 23.4 Å². The zero-order valence-electron chi connectivity index (χ0n) is 17.7. The van der Waals surface area contributed by atoms with Crippen LogP contribution in [0.5, 0.6) is 5.75 Å². The van der Waals surface area contributed by atoms with Gasteiger partial charge in [-0.25, -0.2) is 13.2 Å². The zero-order valence-corrected chi connectivity index (χ0v) is 18.4. The summed E-state index contributed by atoms with van der Waals surface area (Å²) in [4.78, 5) is 26.9. The highest BCUT2D eigenvalue weighted by molar-refractivity contribution is 6.52. The Kier molecular flexibility index (Phi) is 6.34. The van der Waals surface area contributed by atoms with E-state index in [1.165, 1.54) is 24.3 Å². The Hall–Kier alpha value is -3.78. The van der Waals surface area contributed by atoms with Crippen molar-refractivity contribution >= 4 is 34.7 Å². The van der Waals surface area contributed by atoms with Crippen LogP contribution in [0.15, 0.2) is 66.2 Å². The number of carbonyl (C=O) groups is 2. The lowest BCUT2D eigenvalue weighted by Crippen LogP contribution is -2.30. The fourth-order valence-electron chi connectivity index (χ4n) is 3.81. The first-order valence-corrected chi connectivity index (χ1v) is 10.5. The molecule has 1 aliphatic rings. The van der Waals surface area contributed by atoms with Crippen LogP contribution in [0.1, 0.15) is 24.1 Å². The highest BCUT2D eigenvalue weighted by Crippen LogP contribution is 2.44. The topological polar surface area (TPSA) is 66.8 Å². The highest BCUT2D eigenvalue weighted by atomic mass is 35.5. The molecule has 3 aromatic carbocycles. The Labute approximate surface area is 197 Å². The molecule has 9 heteroatoms. The maximum atomic E-state index is 14.7. The maximum absolute atomic E-state index is 14.7. The van der Waals surface area contributed by atoms with Crippen LogP contribution in [0.2, 0.25) is 5.02 Å². The van der Waals surface area contributed by atoms with Crippen molar-refractivity contribution in [3.8, 4) is 5.75 Å². The largest absolute Gasteiger partial charge is 0.507 e. The van der Waals surface area contributed by atoms with Crippen LogP contribution in [0.3, 0.4) is 0 Å². The Bertz CT molecular complexity index is 1320. The van der Waals surface area contributed by atoms with E-state index in [-0.39, 0.29) is 21.8 Å². The van der Waals surface area contributed by atoms with Gasteiger partial charge in [-0.3, -0.25) is 14.5 Å². The van der Waals surface area contributed by atoms with E-state index in [0.29, 0.717) is 18.4 Å². The summed E-state index contributed by atoms with van der Waals surface area (Å²) in [6.07, 6.45) is 0. The van der Waals surface area contributed by atoms with Gasteiger partial charge >= 0.3 is 0 Å². The summed E-state index contributed by atoms with van der Waals surface area (Å²) in [6, 6.07) is 10.4. The number of hydrogen-bond acceptors (Lipinski definition) is 4. The molecule has 5 nitrogen and oxygen atoms in total. The molecule has 0 saturated carbocycles. The first-order chi connectivity index (χ1) is 16.2. The van der Waals surface area contributed by atoms with Crippen molar-refractivity contribution in [2.24, 2.45) is 0 Å². The molecule has 0 spiro atoms. The molecule has 4 rings (SSSR count). The Morgan fingerprint density at radius 3 is 2.32 bits per heavy atom. The van der Waals surface area contributed by atoms with E-state index in [1.54, 1.807) is 13.0 Å². The first kappa shape index (κ1) is 23.4. The minimum Gasteiger partial charge on any atom is -0.507 e. The number of carbonyl (C=O) groups excluding carboxylic acids is 2. The van der Waals surface area contributed by atoms with Crippen molar-refractivity contribution in [2.45, 2.75) is 13.0 Å². The fourth-order valence-corrected chi connectivity index (χ4v) is 4.01. The van der Waals surface area contributed by atoms with Gasteiger partial charge in [0, 0.05) is 11.6 Å². The molecule has 0 aromatic heterocycles. The van der Waals surface area contributed by atoms with Gasteiger partial charge in [-0.05, 0) is 55.0 Å². The molecule has 174 valence electrons. The van der Waals surface area contributed by atoms with Crippen molar-refractivity contribution in [2.75, 3.05) is 11.5 Å². The summed E-state index contributed by atoms with van der Waals surface area (Å²) < 4.78 is 47.2. The number of amides is 1. The second kappa shape index (κ2) is 9.23. The van der Waals surface area contributed by atoms with Gasteiger partial charge in [-0.15, -0.1) is 0 Å². The molecule has 3 aromatic rings. The third-order valence-corrected chi connectivity index (χ3v) is 5.63. The minimum atomic E-state index is -1.34. The average Bonchev–Trinajstić information content (AvgIpc) is 3.06. The number of nitrogens with zero attached hydrogens (tertiary/aromatic N) is 1. The van der Waals surface area contributed by atoms with Crippen molar-refractivity contribution in [3.63, 3.8) is 0 Å². The molecule has 0 radical (unpaired) electrons. The SMILES string of the molecule is CCOc1ccc(Cl)c(/C(O)=C2\C(=O)C(=O)N(c3ccc(F)cc3F)C2c2ccc(F)cc2)c1. The fraction of sp³-hybridized carbons (Fsp3) is 0.120. The second-order valence-corrected chi connectivity index (χ2v) is 7.80. The Morgan fingerprint density at radius 2 is 1.68 bits per heavy atom. The van der Waals surface area contributed by atoms with Crippen LogP contribution in [0.25, 0.3) is 5.76 Å². The summed E-state index contributed by atoms with van der Waals surface area (Å²) in [5.74, 6) is -5.09. The molecular formula is C25H17ClF3NO4. The first-order valence-electron chi connectivity index (χ1n) is 10.2. The van der Waals surface area contributed by atoms with E-state index >= 15 is 0 Å². The van der Waals surface area contributed by atoms with Gasteiger partial charge in [-0.2, -0.15) is 0 Å². The average molecular weight is 488 g/mol. The lowest BCUT2D eigenvalue weighted by molar-refractivity contribution is -0.132. The summed E-state index contributed by atoms with van der Waals surface area (Å²) in [6.45, 7) is 2.08. The number of ether oxygens (including phenoxy) is 1. The van der Waals surface area contributed by atoms with Gasteiger partial charge in [-0.1, -0.05) is 23.7 Å². The number of halogens is 4. The number of aliphatic hydroxyl groups excluding tert-OH is 1. The molecule has 1 amide bonds. The molecule has 1 atom stereocenters. The molecular weight excluding hydrogens is 471 g/mol. The van der Waals surface area contributed by atoms with Gasteiger partial charge in [0.2, 0.25) is 0 Å². The summed E-state index contributed by atoms with van der Waals surface area (Å²) in [5, 5.41) is 11.2. The standard InChI is InChI=1S/C25H17ClF3NO4/c1-2-34-16-8-9-18(26)17(12-16)23(31)21-22(13-3-5-14(27)6-4-13)30(25(33)24(21)32)20-10-7-15(28)11-19(20)29/h3-12,22,31H,2H2,1H3/b23-21+. The van der Waals surface area contributed by atoms with Crippen LogP contribution >= 0.6 is 11.6 Å². The third kappa shape index (κ3) is 4.12. The summed E-state index contributed by atoms with van der Waals surface area (Å²) in [7, 11) is 0. The van der Waals surface area contributed by atoms with Crippen LogP contribution in [0.4, 0.5) is 18.9 Å². The smallest absolute Gasteiger partial charge is 0.300 e. The summed E-state index contributed by atoms with van der Waals surface area (Å²) in [5.41, 5.74) is -0.554. The number of rotatable bonds is 5. The number of ketones is 1. The maximum Gasteiger partial charge on any atom is 0.300 e. The molecule has 1 aliphatic heterocycles. The number of aliphatic hydroxyl groups is 1. The van der Waals surface area contributed by atoms with Crippen molar-refractivity contribution in [1.29, 1.82) is 0 Å². The van der Waals surface area contributed by atoms with E-state index in [1.807, 2.05) is 0 Å². The number of benzene rings is 3. The normalized spacial score (nSPS) is 17.3. The predicted molar refractivity (Wildman–Crippen MR) is 120 cm³/mol. The lowest BCUT2D eigenvalue weighted by Gasteiger charge is -2.26. The van der Waals surface area contributed by atoms with Gasteiger partial charge in [0.1, 0.15) is 29.0 Å². The molecule has 0 aliphatic carbocycles. The second-order valence-electron chi connectivity index (χ2n) is 7.39. The van der Waals surface area contributed by atoms with Gasteiger partial charge in [0.05, 0.1) is 28.9 Å². The van der Waals surface area contributed by atoms with Gasteiger partial charge in [0.15, 0.2) is 0 Å². The van der Waals surface area contributed by atoms with E-state index in [9.17, 15) is 27.9 Å². The van der Waals surface area contributed by atoms with E-state index in [4.69, 9.17) is 16.3 Å². The number of Topliss-reactive ketones (excluding diaryl/α,β-unsaturated/α-hetero) is 1. The van der Waals surface area contributed by atoms with Crippen molar-refractivity contribution in [1.82, 2.24) is 0 Å². The van der Waals surface area contributed by atoms with Gasteiger partial charge < -0.3 is 9.84 Å². The molecule has 1 saturated heterocycles. The van der Waals surface area contributed by atoms with E-state index < -0.39 is 46.5 Å². The highest BCUT2D eigenvalue weighted by Gasteiger charge is 2.48. The van der Waals surface area contributed by atoms with Crippen molar-refractivity contribution in [3.05, 3.63) is 99.8 Å². The monoisotopic (exact) mass is 487 g/mol. The molecule has 1 unspecified atom stereocenters. The van der Waals surface area contributed by atoms with Gasteiger partial charge in [0.25, 0.3) is 11.7 Å². The van der Waals surface area contributed by atoms with Crippen molar-refractivity contribution < 1.29 is 32.6 Å². The lowest BCUT2D eigenvalue weighted by atomic mass is 9.95. The van der Waals surface area contributed by atoms with E-state index in [0.717, 1.165) is 29.2 Å². The van der Waals surface area contributed by atoms with Crippen LogP contribution in [-0.2, 0) is 9.59 Å². The number of anilines is 1. The molecule has 1 heterocycles. The third-order valence-electron chi connectivity index (χ3n) is 5.30.